The van der Waals surface area contributed by atoms with Crippen molar-refractivity contribution in [1.82, 2.24) is 5.01 Å². The van der Waals surface area contributed by atoms with E-state index in [0.717, 1.165) is 5.01 Å². The molecule has 0 aliphatic rings. The summed E-state index contributed by atoms with van der Waals surface area (Å²) in [5.74, 6) is -9.12. The van der Waals surface area contributed by atoms with Crippen LogP contribution in [0, 0.1) is 23.3 Å². The number of nitrogens with two attached hydrogens (primary N) is 1. The molecule has 2 N–H and O–H groups in total. The van der Waals surface area contributed by atoms with Crippen molar-refractivity contribution in [3.63, 3.8) is 0 Å². The van der Waals surface area contributed by atoms with E-state index < -0.39 is 40.4 Å². The Kier molecular flexibility index (Phi) is 3.84. The van der Waals surface area contributed by atoms with Gasteiger partial charge in [-0.1, -0.05) is 5.22 Å². The van der Waals surface area contributed by atoms with E-state index in [0.29, 0.717) is 0 Å². The quantitative estimate of drug-likeness (QED) is 0.392. The van der Waals surface area contributed by atoms with Crippen LogP contribution in [0.3, 0.4) is 0 Å². The van der Waals surface area contributed by atoms with E-state index in [4.69, 9.17) is 0 Å². The van der Waals surface area contributed by atoms with Gasteiger partial charge < -0.3 is 5.73 Å². The van der Waals surface area contributed by atoms with Gasteiger partial charge in [-0.2, -0.15) is 0 Å². The fourth-order valence-electron chi connectivity index (χ4n) is 1.06. The molecular weight excluding hydrogens is 256 g/mol. The zero-order valence-corrected chi connectivity index (χ0v) is 9.34. The number of benzene rings is 1. The number of hydrogen-bond acceptors (Lipinski definition) is 3. The molecule has 5 nitrogen and oxygen atoms in total. The number of halogens is 4. The highest BCUT2D eigenvalue weighted by Gasteiger charge is 2.28. The van der Waals surface area contributed by atoms with Crippen LogP contribution in [0.1, 0.15) is 10.4 Å². The van der Waals surface area contributed by atoms with E-state index in [2.05, 4.69) is 16.1 Å². The van der Waals surface area contributed by atoms with Crippen LogP contribution < -0.4 is 5.73 Å². The van der Waals surface area contributed by atoms with Crippen LogP contribution in [0.15, 0.2) is 10.3 Å². The van der Waals surface area contributed by atoms with Crippen molar-refractivity contribution in [2.75, 3.05) is 14.1 Å². The summed E-state index contributed by atoms with van der Waals surface area (Å²) >= 11 is 0. The first-order valence-electron chi connectivity index (χ1n) is 4.52. The lowest BCUT2D eigenvalue weighted by Gasteiger charge is -2.07. The number of amides is 1. The third-order valence-electron chi connectivity index (χ3n) is 1.81. The second-order valence-electron chi connectivity index (χ2n) is 3.38. The molecule has 98 valence electrons. The van der Waals surface area contributed by atoms with Gasteiger partial charge in [-0.05, 0) is 0 Å². The average molecular weight is 264 g/mol. The topological polar surface area (TPSA) is 71.1 Å². The molecule has 0 unspecified atom stereocenters. The molecule has 0 bridgehead atoms. The summed E-state index contributed by atoms with van der Waals surface area (Å²) in [7, 11) is 2.76. The van der Waals surface area contributed by atoms with E-state index in [1.165, 1.54) is 14.1 Å². The van der Waals surface area contributed by atoms with Gasteiger partial charge in [0.25, 0.3) is 5.91 Å². The number of carbonyl (C=O) groups is 1. The second-order valence-corrected chi connectivity index (χ2v) is 3.38. The summed E-state index contributed by atoms with van der Waals surface area (Å²) in [4.78, 5) is 10.7. The molecule has 0 radical (unpaired) electrons. The molecule has 0 aromatic heterocycles. The lowest BCUT2D eigenvalue weighted by molar-refractivity contribution is 0.0990. The van der Waals surface area contributed by atoms with E-state index in [9.17, 15) is 22.4 Å². The largest absolute Gasteiger partial charge is 0.365 e. The molecular formula is C9H8F4N4O. The van der Waals surface area contributed by atoms with Crippen LogP contribution in [0.25, 0.3) is 0 Å². The van der Waals surface area contributed by atoms with Crippen molar-refractivity contribution < 1.29 is 22.4 Å². The number of hydrogen-bond donors (Lipinski definition) is 1. The molecule has 0 spiro atoms. The van der Waals surface area contributed by atoms with Gasteiger partial charge >= 0.3 is 0 Å². The smallest absolute Gasteiger partial charge is 0.254 e. The maximum Gasteiger partial charge on any atom is 0.254 e. The summed E-state index contributed by atoms with van der Waals surface area (Å²) in [6.45, 7) is 0. The minimum Gasteiger partial charge on any atom is -0.365 e. The number of rotatable bonds is 3. The molecule has 18 heavy (non-hydrogen) atoms. The summed E-state index contributed by atoms with van der Waals surface area (Å²) in [6.07, 6.45) is 0. The van der Waals surface area contributed by atoms with Crippen molar-refractivity contribution in [3.05, 3.63) is 28.8 Å². The predicted octanol–water partition coefficient (Wildman–Crippen LogP) is 1.90. The normalized spacial score (nSPS) is 11.0. The molecule has 0 aliphatic carbocycles. The van der Waals surface area contributed by atoms with Gasteiger partial charge in [0.15, 0.2) is 29.0 Å². The Hall–Kier alpha value is -2.19. The Balaban J connectivity index is 3.53. The van der Waals surface area contributed by atoms with Gasteiger partial charge in [0, 0.05) is 14.1 Å². The molecule has 9 heteroatoms. The van der Waals surface area contributed by atoms with Crippen LogP contribution in [0.4, 0.5) is 23.2 Å². The Morgan fingerprint density at radius 1 is 1.06 bits per heavy atom. The van der Waals surface area contributed by atoms with Gasteiger partial charge in [-0.25, -0.2) is 17.6 Å². The Bertz CT molecular complexity index is 501. The maximum atomic E-state index is 13.4. The average Bonchev–Trinajstić information content (AvgIpc) is 2.26. The van der Waals surface area contributed by atoms with Crippen LogP contribution in [0.5, 0.6) is 0 Å². The highest BCUT2D eigenvalue weighted by molar-refractivity contribution is 5.93. The fourth-order valence-corrected chi connectivity index (χ4v) is 1.06. The molecule has 0 saturated heterocycles. The van der Waals surface area contributed by atoms with Crippen LogP contribution >= 0.6 is 0 Å². The first-order valence-corrected chi connectivity index (χ1v) is 4.52. The van der Waals surface area contributed by atoms with Crippen molar-refractivity contribution in [1.29, 1.82) is 0 Å². The molecule has 0 aliphatic heterocycles. The van der Waals surface area contributed by atoms with E-state index in [1.54, 1.807) is 0 Å². The Morgan fingerprint density at radius 3 is 1.83 bits per heavy atom. The molecule has 1 amide bonds. The lowest BCUT2D eigenvalue weighted by Crippen LogP contribution is -2.18. The standard InChI is InChI=1S/C9H8F4N4O/c1-17(2)16-15-8-6(12)4(10)3(9(14)18)5(11)7(8)13/h1-2H3,(H2,14,18). The van der Waals surface area contributed by atoms with E-state index >= 15 is 0 Å². The second kappa shape index (κ2) is 4.98. The zero-order chi connectivity index (χ0) is 14.0. The fraction of sp³-hybridized carbons (Fsp3) is 0.222. The van der Waals surface area contributed by atoms with Gasteiger partial charge in [0.2, 0.25) is 0 Å². The van der Waals surface area contributed by atoms with Crippen molar-refractivity contribution in [2.45, 2.75) is 0 Å². The third-order valence-corrected chi connectivity index (χ3v) is 1.81. The third kappa shape index (κ3) is 2.39. The Labute approximate surface area is 98.9 Å². The zero-order valence-electron chi connectivity index (χ0n) is 9.34. The Morgan fingerprint density at radius 2 is 1.50 bits per heavy atom. The number of nitrogens with zero attached hydrogens (tertiary/aromatic N) is 3. The summed E-state index contributed by atoms with van der Waals surface area (Å²) in [6, 6.07) is 0. The SMILES string of the molecule is CN(C)N=Nc1c(F)c(F)c(C(N)=O)c(F)c1F. The van der Waals surface area contributed by atoms with Gasteiger partial charge in [-0.15, -0.1) is 5.11 Å². The first kappa shape index (κ1) is 13.9. The summed E-state index contributed by atoms with van der Waals surface area (Å²) in [5.41, 5.74) is 1.84. The number of primary amides is 1. The van der Waals surface area contributed by atoms with Gasteiger partial charge in [0.05, 0.1) is 0 Å². The summed E-state index contributed by atoms with van der Waals surface area (Å²) in [5, 5.41) is 7.25. The predicted molar refractivity (Wildman–Crippen MR) is 53.0 cm³/mol. The van der Waals surface area contributed by atoms with Crippen molar-refractivity contribution in [3.8, 4) is 0 Å². The minimum atomic E-state index is -1.91. The molecule has 1 aromatic rings. The first-order chi connectivity index (χ1) is 8.27. The minimum absolute atomic E-state index is 1.05. The van der Waals surface area contributed by atoms with Crippen LogP contribution in [-0.2, 0) is 0 Å². The molecule has 0 heterocycles. The molecule has 0 saturated carbocycles. The molecule has 1 rings (SSSR count). The van der Waals surface area contributed by atoms with E-state index in [-0.39, 0.29) is 0 Å². The van der Waals surface area contributed by atoms with Gasteiger partial charge in [-0.3, -0.25) is 9.80 Å². The van der Waals surface area contributed by atoms with Gasteiger partial charge in [0.1, 0.15) is 5.56 Å². The monoisotopic (exact) mass is 264 g/mol. The van der Waals surface area contributed by atoms with Crippen molar-refractivity contribution >= 4 is 11.6 Å². The van der Waals surface area contributed by atoms with E-state index in [1.807, 2.05) is 0 Å². The highest BCUT2D eigenvalue weighted by atomic mass is 19.2. The molecule has 0 atom stereocenters. The molecule has 0 fully saturated rings. The van der Waals surface area contributed by atoms with Crippen LogP contribution in [0.2, 0.25) is 0 Å². The van der Waals surface area contributed by atoms with Crippen LogP contribution in [-0.4, -0.2) is 25.0 Å². The summed E-state index contributed by atoms with van der Waals surface area (Å²) < 4.78 is 53.3. The lowest BCUT2D eigenvalue weighted by atomic mass is 10.1. The number of carbonyl (C=O) groups excluding carboxylic acids is 1. The maximum absolute atomic E-state index is 13.4. The molecule has 1 aromatic carbocycles. The van der Waals surface area contributed by atoms with Crippen molar-refractivity contribution in [2.24, 2.45) is 16.1 Å². The highest BCUT2D eigenvalue weighted by Crippen LogP contribution is 2.30.